The number of aryl methyl sites for hydroxylation is 2. The van der Waals surface area contributed by atoms with Crippen LogP contribution >= 0.6 is 0 Å². The van der Waals surface area contributed by atoms with Crippen LogP contribution in [0.25, 0.3) is 0 Å². The second-order valence-electron chi connectivity index (χ2n) is 5.35. The van der Waals surface area contributed by atoms with Crippen molar-refractivity contribution in [1.82, 2.24) is 9.88 Å². The van der Waals surface area contributed by atoms with Gasteiger partial charge in [0.05, 0.1) is 0 Å². The Morgan fingerprint density at radius 1 is 1.14 bits per heavy atom. The predicted octanol–water partition coefficient (Wildman–Crippen LogP) is 3.92. The molecule has 0 aliphatic rings. The van der Waals surface area contributed by atoms with Crippen molar-refractivity contribution in [3.8, 4) is 0 Å². The van der Waals surface area contributed by atoms with E-state index in [1.165, 1.54) is 11.1 Å². The zero-order chi connectivity index (χ0) is 16.1. The minimum Gasteiger partial charge on any atom is -0.355 e. The van der Waals surface area contributed by atoms with Gasteiger partial charge in [-0.3, -0.25) is 9.78 Å². The van der Waals surface area contributed by atoms with E-state index in [0.29, 0.717) is 18.8 Å². The van der Waals surface area contributed by atoms with Crippen molar-refractivity contribution in [2.45, 2.75) is 27.7 Å². The highest BCUT2D eigenvalue weighted by Gasteiger charge is 2.14. The van der Waals surface area contributed by atoms with Crippen LogP contribution in [0, 0.1) is 13.8 Å². The Bertz CT molecular complexity index is 663. The number of pyridine rings is 1. The van der Waals surface area contributed by atoms with Gasteiger partial charge in [0, 0.05) is 30.7 Å². The van der Waals surface area contributed by atoms with Gasteiger partial charge in [-0.1, -0.05) is 12.1 Å². The smallest absolute Gasteiger partial charge is 0.272 e. The summed E-state index contributed by atoms with van der Waals surface area (Å²) in [6.07, 6.45) is 1.67. The van der Waals surface area contributed by atoms with Gasteiger partial charge in [0.2, 0.25) is 0 Å². The number of hydrogen-bond donors (Lipinski definition) is 1. The van der Waals surface area contributed by atoms with Crippen LogP contribution in [0.5, 0.6) is 0 Å². The van der Waals surface area contributed by atoms with Gasteiger partial charge in [0.15, 0.2) is 0 Å². The summed E-state index contributed by atoms with van der Waals surface area (Å²) in [6.45, 7) is 9.44. The minimum absolute atomic E-state index is 0.0328. The number of carbonyl (C=O) groups excluding carboxylic acids is 1. The van der Waals surface area contributed by atoms with E-state index >= 15 is 0 Å². The molecule has 116 valence electrons. The highest BCUT2D eigenvalue weighted by atomic mass is 16.2. The van der Waals surface area contributed by atoms with Gasteiger partial charge in [-0.05, 0) is 57.0 Å². The van der Waals surface area contributed by atoms with Crippen molar-refractivity contribution in [1.29, 1.82) is 0 Å². The van der Waals surface area contributed by atoms with E-state index in [1.54, 1.807) is 11.1 Å². The molecule has 4 heteroatoms. The first kappa shape index (κ1) is 16.0. The fraction of sp³-hybridized carbons (Fsp3) is 0.333. The molecule has 2 aromatic rings. The van der Waals surface area contributed by atoms with Crippen molar-refractivity contribution in [3.63, 3.8) is 0 Å². The summed E-state index contributed by atoms with van der Waals surface area (Å²) in [6, 6.07) is 9.95. The Labute approximate surface area is 132 Å². The van der Waals surface area contributed by atoms with Gasteiger partial charge in [-0.15, -0.1) is 0 Å². The molecule has 22 heavy (non-hydrogen) atoms. The summed E-state index contributed by atoms with van der Waals surface area (Å²) >= 11 is 0. The molecule has 1 amide bonds. The maximum Gasteiger partial charge on any atom is 0.272 e. The molecule has 0 aliphatic heterocycles. The molecule has 1 aromatic carbocycles. The molecule has 1 N–H and O–H groups in total. The second kappa shape index (κ2) is 7.07. The van der Waals surface area contributed by atoms with Gasteiger partial charge in [0.25, 0.3) is 5.91 Å². The van der Waals surface area contributed by atoms with Crippen molar-refractivity contribution in [3.05, 3.63) is 53.3 Å². The Hall–Kier alpha value is -2.36. The van der Waals surface area contributed by atoms with Crippen molar-refractivity contribution in [2.24, 2.45) is 0 Å². The molecule has 4 nitrogen and oxygen atoms in total. The first-order valence-electron chi connectivity index (χ1n) is 7.64. The van der Waals surface area contributed by atoms with E-state index in [9.17, 15) is 4.79 Å². The molecule has 0 radical (unpaired) electrons. The first-order chi connectivity index (χ1) is 10.5. The average Bonchev–Trinajstić information content (AvgIpc) is 2.52. The van der Waals surface area contributed by atoms with Crippen LogP contribution < -0.4 is 5.32 Å². The van der Waals surface area contributed by atoms with Crippen LogP contribution in [0.4, 0.5) is 11.4 Å². The van der Waals surface area contributed by atoms with Crippen molar-refractivity contribution in [2.75, 3.05) is 18.4 Å². The van der Waals surface area contributed by atoms with E-state index in [4.69, 9.17) is 0 Å². The van der Waals surface area contributed by atoms with Gasteiger partial charge in [0.1, 0.15) is 5.69 Å². The normalized spacial score (nSPS) is 10.4. The number of aromatic nitrogens is 1. The lowest BCUT2D eigenvalue weighted by Crippen LogP contribution is -2.31. The molecule has 0 saturated heterocycles. The zero-order valence-corrected chi connectivity index (χ0v) is 13.7. The van der Waals surface area contributed by atoms with Crippen molar-refractivity contribution < 1.29 is 4.79 Å². The maximum atomic E-state index is 12.4. The average molecular weight is 297 g/mol. The van der Waals surface area contributed by atoms with Crippen LogP contribution in [0.2, 0.25) is 0 Å². The zero-order valence-electron chi connectivity index (χ0n) is 13.7. The van der Waals surface area contributed by atoms with Gasteiger partial charge < -0.3 is 10.2 Å². The number of nitrogens with one attached hydrogen (secondary N) is 1. The second-order valence-corrected chi connectivity index (χ2v) is 5.35. The molecule has 0 fully saturated rings. The summed E-state index contributed by atoms with van der Waals surface area (Å²) in [5.41, 5.74) is 4.76. The molecule has 1 heterocycles. The molecule has 0 saturated carbocycles. The van der Waals surface area contributed by atoms with E-state index in [1.807, 2.05) is 26.0 Å². The third-order valence-corrected chi connectivity index (χ3v) is 3.70. The fourth-order valence-electron chi connectivity index (χ4n) is 2.32. The summed E-state index contributed by atoms with van der Waals surface area (Å²) in [5, 5.41) is 3.37. The van der Waals surface area contributed by atoms with E-state index in [0.717, 1.165) is 11.4 Å². The monoisotopic (exact) mass is 297 g/mol. The molecule has 1 aromatic heterocycles. The molecule has 0 aliphatic carbocycles. The maximum absolute atomic E-state index is 12.4. The largest absolute Gasteiger partial charge is 0.355 e. The third kappa shape index (κ3) is 3.64. The lowest BCUT2D eigenvalue weighted by molar-refractivity contribution is 0.0767. The van der Waals surface area contributed by atoms with Crippen LogP contribution in [-0.4, -0.2) is 28.9 Å². The Balaban J connectivity index is 2.25. The van der Waals surface area contributed by atoms with E-state index in [2.05, 4.69) is 42.3 Å². The summed E-state index contributed by atoms with van der Waals surface area (Å²) in [4.78, 5) is 18.3. The molecular formula is C18H23N3O. The Morgan fingerprint density at radius 3 is 2.55 bits per heavy atom. The lowest BCUT2D eigenvalue weighted by Gasteiger charge is -2.18. The fourth-order valence-corrected chi connectivity index (χ4v) is 2.32. The number of nitrogens with zero attached hydrogens (tertiary/aromatic N) is 2. The van der Waals surface area contributed by atoms with Crippen LogP contribution in [-0.2, 0) is 0 Å². The van der Waals surface area contributed by atoms with E-state index < -0.39 is 0 Å². The highest BCUT2D eigenvalue weighted by molar-refractivity contribution is 5.93. The number of anilines is 2. The highest BCUT2D eigenvalue weighted by Crippen LogP contribution is 2.22. The van der Waals surface area contributed by atoms with Gasteiger partial charge >= 0.3 is 0 Å². The van der Waals surface area contributed by atoms with E-state index in [-0.39, 0.29) is 5.91 Å². The molecule has 2 rings (SSSR count). The third-order valence-electron chi connectivity index (χ3n) is 3.70. The number of hydrogen-bond acceptors (Lipinski definition) is 3. The Kier molecular flexibility index (Phi) is 5.15. The summed E-state index contributed by atoms with van der Waals surface area (Å²) < 4.78 is 0. The number of carbonyl (C=O) groups is 1. The van der Waals surface area contributed by atoms with Crippen LogP contribution in [0.1, 0.15) is 35.5 Å². The Morgan fingerprint density at radius 2 is 1.86 bits per heavy atom. The molecule has 0 atom stereocenters. The minimum atomic E-state index is -0.0328. The SMILES string of the molecule is CCN(CC)C(=O)c1cc(Nc2cc(C)ccc2C)ccn1. The molecule has 0 spiro atoms. The number of amides is 1. The number of benzene rings is 1. The quantitative estimate of drug-likeness (QED) is 0.909. The standard InChI is InChI=1S/C18H23N3O/c1-5-21(6-2)18(22)17-12-15(9-10-19-17)20-16-11-13(3)7-8-14(16)4/h7-12H,5-6H2,1-4H3,(H,19,20). The predicted molar refractivity (Wildman–Crippen MR) is 90.7 cm³/mol. The summed E-state index contributed by atoms with van der Waals surface area (Å²) in [7, 11) is 0. The topological polar surface area (TPSA) is 45.2 Å². The van der Waals surface area contributed by atoms with Crippen LogP contribution in [0.3, 0.4) is 0 Å². The molecule has 0 bridgehead atoms. The van der Waals surface area contributed by atoms with Gasteiger partial charge in [-0.2, -0.15) is 0 Å². The lowest BCUT2D eigenvalue weighted by atomic mass is 10.1. The molecule has 0 unspecified atom stereocenters. The molecular weight excluding hydrogens is 274 g/mol. The van der Waals surface area contributed by atoms with Crippen LogP contribution in [0.15, 0.2) is 36.5 Å². The van der Waals surface area contributed by atoms with Gasteiger partial charge in [-0.25, -0.2) is 0 Å². The number of rotatable bonds is 5. The first-order valence-corrected chi connectivity index (χ1v) is 7.64. The summed E-state index contributed by atoms with van der Waals surface area (Å²) in [5.74, 6) is -0.0328. The van der Waals surface area contributed by atoms with Crippen molar-refractivity contribution >= 4 is 17.3 Å².